The predicted octanol–water partition coefficient (Wildman–Crippen LogP) is 7.11. The van der Waals surface area contributed by atoms with E-state index in [0.29, 0.717) is 45.1 Å². The van der Waals surface area contributed by atoms with Crippen molar-refractivity contribution < 1.29 is 48.0 Å². The quantitative estimate of drug-likeness (QED) is 0.0607. The van der Waals surface area contributed by atoms with Gasteiger partial charge in [-0.15, -0.1) is 0 Å². The summed E-state index contributed by atoms with van der Waals surface area (Å²) in [5, 5.41) is 12.7. The number of morpholine rings is 1. The molecule has 71 heavy (non-hydrogen) atoms. The van der Waals surface area contributed by atoms with Gasteiger partial charge < -0.3 is 39.1 Å². The molecule has 3 aliphatic rings. The molecule has 4 heterocycles. The molecule has 3 aliphatic heterocycles. The van der Waals surface area contributed by atoms with Gasteiger partial charge in [-0.1, -0.05) is 96.8 Å². The summed E-state index contributed by atoms with van der Waals surface area (Å²) in [6, 6.07) is 42.2. The number of cyclic esters (lactones) is 1. The van der Waals surface area contributed by atoms with E-state index in [1.165, 1.54) is 7.11 Å². The molecule has 15 nitrogen and oxygen atoms in total. The number of para-hydroxylation sites is 2. The van der Waals surface area contributed by atoms with E-state index in [2.05, 4.69) is 22.1 Å². The summed E-state index contributed by atoms with van der Waals surface area (Å²) < 4.78 is 28.7. The number of carbonyl (C=O) groups is 4. The minimum atomic E-state index is -2.07. The van der Waals surface area contributed by atoms with Crippen LogP contribution in [0.5, 0.6) is 11.5 Å². The number of fused-ring (bicyclic) bond motifs is 4. The van der Waals surface area contributed by atoms with Crippen LogP contribution in [0.1, 0.15) is 57.4 Å². The Balaban J connectivity index is 1.24. The fourth-order valence-electron chi connectivity index (χ4n) is 10.3. The normalized spacial score (nSPS) is 21.2. The maximum Gasteiger partial charge on any atom is 0.421 e. The Morgan fingerprint density at radius 1 is 0.761 bits per heavy atom. The van der Waals surface area contributed by atoms with Gasteiger partial charge >= 0.3 is 12.1 Å². The first-order valence-electron chi connectivity index (χ1n) is 23.2. The molecule has 6 atom stereocenters. The van der Waals surface area contributed by atoms with Crippen molar-refractivity contribution in [3.05, 3.63) is 191 Å². The van der Waals surface area contributed by atoms with E-state index in [-0.39, 0.29) is 44.2 Å². The van der Waals surface area contributed by atoms with E-state index in [4.69, 9.17) is 28.7 Å². The largest absolute Gasteiger partial charge is 0.497 e. The van der Waals surface area contributed by atoms with Crippen LogP contribution in [0.2, 0.25) is 0 Å². The van der Waals surface area contributed by atoms with Gasteiger partial charge in [-0.2, -0.15) is 0 Å². The molecule has 0 saturated carbocycles. The number of nitrogens with one attached hydrogen (secondary N) is 2. The molecule has 6 aromatic carbocycles. The number of hydrogen-bond acceptors (Lipinski definition) is 12. The maximum atomic E-state index is 16.5. The number of benzene rings is 6. The second-order valence-electron chi connectivity index (χ2n) is 17.3. The Labute approximate surface area is 409 Å². The van der Waals surface area contributed by atoms with E-state index in [1.807, 2.05) is 102 Å². The summed E-state index contributed by atoms with van der Waals surface area (Å²) in [6.07, 6.45) is -1.93. The smallest absolute Gasteiger partial charge is 0.421 e. The first-order chi connectivity index (χ1) is 34.7. The number of aliphatic hydroxyl groups excluding tert-OH is 1. The summed E-state index contributed by atoms with van der Waals surface area (Å²) in [4.78, 5) is 73.2. The summed E-state index contributed by atoms with van der Waals surface area (Å²) in [7, 11) is 3.05. The molecular formula is C56H49N5O10. The number of ether oxygens (including phenoxy) is 5. The molecule has 2 saturated heterocycles. The van der Waals surface area contributed by atoms with E-state index >= 15 is 14.4 Å². The van der Waals surface area contributed by atoms with Gasteiger partial charge in [0, 0.05) is 18.2 Å². The lowest BCUT2D eigenvalue weighted by Gasteiger charge is -2.46. The first kappa shape index (κ1) is 46.4. The van der Waals surface area contributed by atoms with Crippen LogP contribution in [0.15, 0.2) is 152 Å². The third kappa shape index (κ3) is 8.52. The average molecular weight is 952 g/mol. The number of aromatic amines is 1. The highest BCUT2D eigenvalue weighted by molar-refractivity contribution is 6.23. The highest BCUT2D eigenvalue weighted by atomic mass is 16.6. The van der Waals surface area contributed by atoms with Gasteiger partial charge in [-0.05, 0) is 89.0 Å². The number of nitrogens with zero attached hydrogens (tertiary/aromatic N) is 3. The molecule has 0 radical (unpaired) electrons. The minimum absolute atomic E-state index is 0.0292. The monoisotopic (exact) mass is 951 g/mol. The van der Waals surface area contributed by atoms with Crippen LogP contribution >= 0.6 is 0 Å². The molecule has 1 aromatic heterocycles. The summed E-state index contributed by atoms with van der Waals surface area (Å²) in [5.74, 6) is 4.21. The molecule has 1 spiro atoms. The molecule has 10 rings (SSSR count). The zero-order valence-corrected chi connectivity index (χ0v) is 38.8. The number of anilines is 1. The van der Waals surface area contributed by atoms with Crippen molar-refractivity contribution in [2.45, 2.75) is 36.2 Å². The number of aromatic nitrogens is 2. The standard InChI is InChI=1S/C56H49N5O10/c1-67-31-32-70-55(66)60-45-28-21-36(18-17-35-19-24-40(68-2)25-20-35)33-42(45)56(54(60)65)47(52(63)57-34-46-58-43-15-9-10-16-44(43)59-46)49-53(64)71-50(38-13-7-4-8-14-38)48(37-11-5-3-6-12-37)61(49)51(56)39-22-26-41(27-23-39)69-30-29-62/h3-16,19-28,33,47-51,62H,29-32,34H2,1-2H3,(H,57,63)(H,58,59). The zero-order valence-electron chi connectivity index (χ0n) is 38.8. The number of H-pyrrole nitrogens is 1. The highest BCUT2D eigenvalue weighted by Crippen LogP contribution is 2.66. The van der Waals surface area contributed by atoms with Gasteiger partial charge in [0.05, 0.1) is 61.6 Å². The van der Waals surface area contributed by atoms with Gasteiger partial charge in [-0.3, -0.25) is 19.3 Å². The fourth-order valence-corrected chi connectivity index (χ4v) is 10.3. The Morgan fingerprint density at radius 2 is 1.44 bits per heavy atom. The highest BCUT2D eigenvalue weighted by Gasteiger charge is 2.75. The number of imide groups is 1. The number of methoxy groups -OCH3 is 2. The van der Waals surface area contributed by atoms with Crippen molar-refractivity contribution in [2.75, 3.05) is 45.5 Å². The van der Waals surface area contributed by atoms with E-state index in [9.17, 15) is 9.90 Å². The summed E-state index contributed by atoms with van der Waals surface area (Å²) >= 11 is 0. The van der Waals surface area contributed by atoms with Crippen LogP contribution in [0.4, 0.5) is 10.5 Å². The Hall–Kier alpha value is -8.29. The Kier molecular flexibility index (Phi) is 13.1. The second-order valence-corrected chi connectivity index (χ2v) is 17.3. The molecule has 2 fully saturated rings. The molecule has 3 N–H and O–H groups in total. The predicted molar refractivity (Wildman–Crippen MR) is 261 cm³/mol. The number of hydrogen-bond donors (Lipinski definition) is 3. The van der Waals surface area contributed by atoms with Crippen LogP contribution < -0.4 is 19.7 Å². The lowest BCUT2D eigenvalue weighted by atomic mass is 9.65. The van der Waals surface area contributed by atoms with Crippen LogP contribution in [0.3, 0.4) is 0 Å². The van der Waals surface area contributed by atoms with E-state index < -0.39 is 59.4 Å². The second kappa shape index (κ2) is 20.0. The summed E-state index contributed by atoms with van der Waals surface area (Å²) in [6.45, 7) is -0.423. The summed E-state index contributed by atoms with van der Waals surface area (Å²) in [5.41, 5.74) is 2.89. The molecule has 15 heteroatoms. The van der Waals surface area contributed by atoms with Crippen molar-refractivity contribution in [1.29, 1.82) is 0 Å². The Morgan fingerprint density at radius 3 is 2.14 bits per heavy atom. The van der Waals surface area contributed by atoms with E-state index in [0.717, 1.165) is 16.0 Å². The number of imidazole rings is 1. The third-order valence-corrected chi connectivity index (χ3v) is 13.3. The molecule has 0 bridgehead atoms. The lowest BCUT2D eigenvalue weighted by molar-refractivity contribution is -0.178. The van der Waals surface area contributed by atoms with Crippen LogP contribution in [0, 0.1) is 17.8 Å². The number of esters is 1. The number of rotatable bonds is 13. The molecule has 3 amide bonds. The minimum Gasteiger partial charge on any atom is -0.497 e. The average Bonchev–Trinajstić information content (AvgIpc) is 4.06. The van der Waals surface area contributed by atoms with Crippen LogP contribution in [-0.4, -0.2) is 90.5 Å². The number of carbonyl (C=O) groups excluding carboxylic acids is 4. The van der Waals surface area contributed by atoms with Crippen molar-refractivity contribution in [3.8, 4) is 23.3 Å². The van der Waals surface area contributed by atoms with Gasteiger partial charge in [-0.25, -0.2) is 14.7 Å². The van der Waals surface area contributed by atoms with Crippen LogP contribution in [-0.2, 0) is 40.6 Å². The van der Waals surface area contributed by atoms with Gasteiger partial charge in [0.2, 0.25) is 11.8 Å². The van der Waals surface area contributed by atoms with E-state index in [1.54, 1.807) is 61.7 Å². The lowest BCUT2D eigenvalue weighted by Crippen LogP contribution is -2.55. The third-order valence-electron chi connectivity index (χ3n) is 13.3. The number of aliphatic hydroxyl groups is 1. The molecule has 0 aliphatic carbocycles. The molecule has 6 unspecified atom stereocenters. The topological polar surface area (TPSA) is 182 Å². The first-order valence-corrected chi connectivity index (χ1v) is 23.2. The van der Waals surface area contributed by atoms with Gasteiger partial charge in [0.15, 0.2) is 0 Å². The van der Waals surface area contributed by atoms with Gasteiger partial charge in [0.25, 0.3) is 0 Å². The van der Waals surface area contributed by atoms with Crippen molar-refractivity contribution >= 4 is 40.6 Å². The van der Waals surface area contributed by atoms with Crippen molar-refractivity contribution in [1.82, 2.24) is 20.2 Å². The maximum absolute atomic E-state index is 16.5. The molecule has 7 aromatic rings. The van der Waals surface area contributed by atoms with Crippen molar-refractivity contribution in [3.63, 3.8) is 0 Å². The SMILES string of the molecule is COCCOC(=O)N1C(=O)C2(c3cc(C#Cc4ccc(OC)cc4)ccc31)C(C(=O)NCc1nc3ccccc3[nH]1)C1C(=O)OC(c3ccccc3)C(c3ccccc3)N1C2c1ccc(OCCO)cc1. The zero-order chi connectivity index (χ0) is 49.1. The molecular weight excluding hydrogens is 903 g/mol. The number of amides is 3. The van der Waals surface area contributed by atoms with Gasteiger partial charge in [0.1, 0.15) is 48.1 Å². The Bertz CT molecular complexity index is 3120. The van der Waals surface area contributed by atoms with Crippen molar-refractivity contribution in [2.24, 2.45) is 5.92 Å². The fraction of sp³-hybridized carbons (Fsp3) is 0.232. The molecule has 358 valence electrons. The van der Waals surface area contributed by atoms with Crippen LogP contribution in [0.25, 0.3) is 11.0 Å².